The molecule has 0 heterocycles. The summed E-state index contributed by atoms with van der Waals surface area (Å²) in [5, 5.41) is 9.32. The van der Waals surface area contributed by atoms with Crippen molar-refractivity contribution in [3.05, 3.63) is 106 Å². The Kier molecular flexibility index (Phi) is 5.85. The second-order valence-corrected chi connectivity index (χ2v) is 8.07. The van der Waals surface area contributed by atoms with Crippen LogP contribution in [0.1, 0.15) is 45.6 Å². The lowest BCUT2D eigenvalue weighted by atomic mass is 9.99. The van der Waals surface area contributed by atoms with Gasteiger partial charge in [0.15, 0.2) is 0 Å². The highest BCUT2D eigenvalue weighted by Crippen LogP contribution is 2.32. The third kappa shape index (κ3) is 4.50. The number of nitrogens with zero attached hydrogens (tertiary/aromatic N) is 1. The molecule has 0 saturated heterocycles. The summed E-state index contributed by atoms with van der Waals surface area (Å²) in [5.74, 6) is -1.47. The molecule has 1 atom stereocenters. The molecule has 0 radical (unpaired) electrons. The second kappa shape index (κ2) is 8.72. The highest BCUT2D eigenvalue weighted by Gasteiger charge is 2.33. The molecule has 158 valence electrons. The Balaban J connectivity index is 1.63. The lowest BCUT2D eigenvalue weighted by Crippen LogP contribution is -2.38. The van der Waals surface area contributed by atoms with Crippen LogP contribution in [-0.2, 0) is 24.2 Å². The van der Waals surface area contributed by atoms with E-state index in [0.29, 0.717) is 12.8 Å². The largest absolute Gasteiger partial charge is 0.478 e. The van der Waals surface area contributed by atoms with Crippen LogP contribution >= 0.6 is 0 Å². The molecule has 1 aliphatic rings. The third-order valence-electron chi connectivity index (χ3n) is 6.03. The molecular formula is C26H24FNO3. The van der Waals surface area contributed by atoms with Gasteiger partial charge in [-0.25, -0.2) is 9.18 Å². The highest BCUT2D eigenvalue weighted by atomic mass is 19.1. The van der Waals surface area contributed by atoms with Crippen molar-refractivity contribution in [2.24, 2.45) is 5.92 Å². The zero-order valence-electron chi connectivity index (χ0n) is 17.3. The predicted octanol–water partition coefficient (Wildman–Crippen LogP) is 5.03. The highest BCUT2D eigenvalue weighted by molar-refractivity contribution is 5.87. The van der Waals surface area contributed by atoms with E-state index in [1.165, 1.54) is 29.3 Å². The first-order valence-corrected chi connectivity index (χ1v) is 10.4. The number of carboxylic acid groups (broad SMARTS) is 1. The standard InChI is InChI=1S/C26H24FNO3/c1-17(19-9-11-24(27)12-10-19)28(16-18-5-4-8-22(13-18)26(30)31)25(29)23-14-20-6-2-3-7-21(20)15-23/h2-13,17,23H,14-16H2,1H3,(H,30,31). The molecule has 3 aromatic rings. The Morgan fingerprint density at radius 3 is 2.26 bits per heavy atom. The number of hydrogen-bond acceptors (Lipinski definition) is 2. The summed E-state index contributed by atoms with van der Waals surface area (Å²) < 4.78 is 13.4. The van der Waals surface area contributed by atoms with Gasteiger partial charge in [0.2, 0.25) is 5.91 Å². The van der Waals surface area contributed by atoms with Gasteiger partial charge in [0.25, 0.3) is 0 Å². The minimum Gasteiger partial charge on any atom is -0.478 e. The number of carbonyl (C=O) groups excluding carboxylic acids is 1. The number of rotatable bonds is 6. The van der Waals surface area contributed by atoms with E-state index in [2.05, 4.69) is 12.1 Å². The predicted molar refractivity (Wildman–Crippen MR) is 116 cm³/mol. The topological polar surface area (TPSA) is 57.6 Å². The van der Waals surface area contributed by atoms with Crippen molar-refractivity contribution in [1.29, 1.82) is 0 Å². The fraction of sp³-hybridized carbons (Fsp3) is 0.231. The summed E-state index contributed by atoms with van der Waals surface area (Å²) >= 11 is 0. The average Bonchev–Trinajstić information content (AvgIpc) is 3.21. The Labute approximate surface area is 181 Å². The SMILES string of the molecule is CC(c1ccc(F)cc1)N(Cc1cccc(C(=O)O)c1)C(=O)C1Cc2ccccc2C1. The van der Waals surface area contributed by atoms with Crippen LogP contribution < -0.4 is 0 Å². The molecule has 1 unspecified atom stereocenters. The monoisotopic (exact) mass is 417 g/mol. The summed E-state index contributed by atoms with van der Waals surface area (Å²) in [4.78, 5) is 26.8. The van der Waals surface area contributed by atoms with Crippen molar-refractivity contribution in [2.75, 3.05) is 0 Å². The van der Waals surface area contributed by atoms with Crippen LogP contribution in [0.2, 0.25) is 0 Å². The summed E-state index contributed by atoms with van der Waals surface area (Å²) in [5.41, 5.74) is 4.16. The number of aromatic carboxylic acids is 1. The fourth-order valence-corrected chi connectivity index (χ4v) is 4.29. The van der Waals surface area contributed by atoms with Gasteiger partial charge >= 0.3 is 5.97 Å². The van der Waals surface area contributed by atoms with Crippen LogP contribution in [0.5, 0.6) is 0 Å². The second-order valence-electron chi connectivity index (χ2n) is 8.07. The zero-order chi connectivity index (χ0) is 22.0. The summed E-state index contributed by atoms with van der Waals surface area (Å²) in [6.07, 6.45) is 1.38. The molecule has 0 aliphatic heterocycles. The molecule has 0 spiro atoms. The summed E-state index contributed by atoms with van der Waals surface area (Å²) in [6, 6.07) is 20.6. The maximum absolute atomic E-state index is 13.7. The van der Waals surface area contributed by atoms with Crippen LogP contribution in [0.3, 0.4) is 0 Å². The molecule has 0 bridgehead atoms. The third-order valence-corrected chi connectivity index (χ3v) is 6.03. The molecule has 1 aliphatic carbocycles. The van der Waals surface area contributed by atoms with Crippen LogP contribution in [0.4, 0.5) is 4.39 Å². The number of fused-ring (bicyclic) bond motifs is 1. The van der Waals surface area contributed by atoms with Gasteiger partial charge in [-0.05, 0) is 66.3 Å². The number of hydrogen-bond donors (Lipinski definition) is 1. The first-order chi connectivity index (χ1) is 14.9. The van der Waals surface area contributed by atoms with Gasteiger partial charge in [0.05, 0.1) is 11.6 Å². The van der Waals surface area contributed by atoms with Crippen molar-refractivity contribution < 1.29 is 19.1 Å². The van der Waals surface area contributed by atoms with Gasteiger partial charge in [-0.1, -0.05) is 48.5 Å². The van der Waals surface area contributed by atoms with Crippen LogP contribution in [0.15, 0.2) is 72.8 Å². The Morgan fingerprint density at radius 2 is 1.65 bits per heavy atom. The van der Waals surface area contributed by atoms with E-state index >= 15 is 0 Å². The number of carbonyl (C=O) groups is 2. The van der Waals surface area contributed by atoms with Gasteiger partial charge < -0.3 is 10.0 Å². The molecule has 4 nitrogen and oxygen atoms in total. The first-order valence-electron chi connectivity index (χ1n) is 10.4. The Bertz CT molecular complexity index is 1080. The van der Waals surface area contributed by atoms with Crippen LogP contribution in [0.25, 0.3) is 0 Å². The maximum Gasteiger partial charge on any atom is 0.335 e. The summed E-state index contributed by atoms with van der Waals surface area (Å²) in [7, 11) is 0. The van der Waals surface area contributed by atoms with Crippen molar-refractivity contribution in [3.63, 3.8) is 0 Å². The lowest BCUT2D eigenvalue weighted by molar-refractivity contribution is -0.138. The number of benzene rings is 3. The summed E-state index contributed by atoms with van der Waals surface area (Å²) in [6.45, 7) is 2.21. The molecule has 4 rings (SSSR count). The van der Waals surface area contributed by atoms with Crippen molar-refractivity contribution in [2.45, 2.75) is 32.4 Å². The maximum atomic E-state index is 13.7. The van der Waals surface area contributed by atoms with E-state index in [1.807, 2.05) is 25.1 Å². The molecule has 3 aromatic carbocycles. The minimum absolute atomic E-state index is 0.0220. The quantitative estimate of drug-likeness (QED) is 0.612. The number of halogens is 1. The molecule has 0 aromatic heterocycles. The van der Waals surface area contributed by atoms with E-state index in [9.17, 15) is 19.1 Å². The molecule has 0 saturated carbocycles. The normalized spacial score (nSPS) is 14.1. The number of amides is 1. The van der Waals surface area contributed by atoms with Crippen LogP contribution in [0, 0.1) is 11.7 Å². The lowest BCUT2D eigenvalue weighted by Gasteiger charge is -2.32. The van der Waals surface area contributed by atoms with Crippen molar-refractivity contribution >= 4 is 11.9 Å². The molecule has 1 amide bonds. The fourth-order valence-electron chi connectivity index (χ4n) is 4.29. The molecular weight excluding hydrogens is 393 g/mol. The van der Waals surface area contributed by atoms with Gasteiger partial charge in [0, 0.05) is 12.5 Å². The van der Waals surface area contributed by atoms with Gasteiger partial charge in [-0.3, -0.25) is 4.79 Å². The molecule has 31 heavy (non-hydrogen) atoms. The first kappa shape index (κ1) is 20.8. The number of carboxylic acids is 1. The Hall–Kier alpha value is -3.47. The van der Waals surface area contributed by atoms with E-state index in [1.54, 1.807) is 29.2 Å². The van der Waals surface area contributed by atoms with E-state index in [-0.39, 0.29) is 35.8 Å². The van der Waals surface area contributed by atoms with E-state index in [4.69, 9.17) is 0 Å². The van der Waals surface area contributed by atoms with Gasteiger partial charge in [0.1, 0.15) is 5.82 Å². The van der Waals surface area contributed by atoms with Gasteiger partial charge in [-0.15, -0.1) is 0 Å². The average molecular weight is 417 g/mol. The van der Waals surface area contributed by atoms with Gasteiger partial charge in [-0.2, -0.15) is 0 Å². The molecule has 0 fully saturated rings. The van der Waals surface area contributed by atoms with E-state index in [0.717, 1.165) is 11.1 Å². The molecule has 5 heteroatoms. The van der Waals surface area contributed by atoms with Crippen molar-refractivity contribution in [3.8, 4) is 0 Å². The minimum atomic E-state index is -1.00. The zero-order valence-corrected chi connectivity index (χ0v) is 17.3. The van der Waals surface area contributed by atoms with Crippen LogP contribution in [-0.4, -0.2) is 21.9 Å². The molecule has 1 N–H and O–H groups in total. The van der Waals surface area contributed by atoms with Crippen molar-refractivity contribution in [1.82, 2.24) is 4.90 Å². The Morgan fingerprint density at radius 1 is 1.00 bits per heavy atom. The smallest absolute Gasteiger partial charge is 0.335 e. The van der Waals surface area contributed by atoms with E-state index < -0.39 is 5.97 Å².